The standard InChI is InChI=1S/C19H25N3O4S2/c1-3-12-26-15-9-7-14(8-10-15)16-13-27-19(20-16)21-18(23)17-6-4-5-11-22(17)28(2,24)25/h7-10,13,17H,3-6,11-12H2,1-2H3,(H,20,21,23). The SMILES string of the molecule is CCCOc1ccc(-c2csc(NC(=O)C3CCCCN3S(C)(=O)=O)n2)cc1. The van der Waals surface area contributed by atoms with Gasteiger partial charge in [0, 0.05) is 17.5 Å². The van der Waals surface area contributed by atoms with Gasteiger partial charge in [0.25, 0.3) is 0 Å². The molecule has 3 rings (SSSR count). The van der Waals surface area contributed by atoms with Crippen LogP contribution in [0.1, 0.15) is 32.6 Å². The summed E-state index contributed by atoms with van der Waals surface area (Å²) in [5.41, 5.74) is 1.68. The summed E-state index contributed by atoms with van der Waals surface area (Å²) in [7, 11) is -3.42. The van der Waals surface area contributed by atoms with E-state index in [1.165, 1.54) is 15.6 Å². The highest BCUT2D eigenvalue weighted by molar-refractivity contribution is 7.88. The lowest BCUT2D eigenvalue weighted by atomic mass is 10.0. The van der Waals surface area contributed by atoms with Crippen molar-refractivity contribution >= 4 is 32.4 Å². The molecule has 1 aliphatic rings. The molecule has 1 aliphatic heterocycles. The normalized spacial score (nSPS) is 18.0. The van der Waals surface area contributed by atoms with Crippen molar-refractivity contribution in [3.8, 4) is 17.0 Å². The molecule has 1 amide bonds. The number of ether oxygens (including phenoxy) is 1. The van der Waals surface area contributed by atoms with Gasteiger partial charge in [0.15, 0.2) is 5.13 Å². The second kappa shape index (κ2) is 9.02. The summed E-state index contributed by atoms with van der Waals surface area (Å²) in [6.45, 7) is 3.12. The lowest BCUT2D eigenvalue weighted by Crippen LogP contribution is -2.49. The van der Waals surface area contributed by atoms with Gasteiger partial charge >= 0.3 is 0 Å². The van der Waals surface area contributed by atoms with Crippen LogP contribution < -0.4 is 10.1 Å². The van der Waals surface area contributed by atoms with E-state index < -0.39 is 16.1 Å². The Balaban J connectivity index is 1.67. The van der Waals surface area contributed by atoms with E-state index in [0.29, 0.717) is 24.7 Å². The molecule has 152 valence electrons. The number of piperidine rings is 1. The molecule has 0 saturated carbocycles. The van der Waals surface area contributed by atoms with Crippen molar-refractivity contribution in [2.75, 3.05) is 24.7 Å². The second-order valence-corrected chi connectivity index (χ2v) is 9.58. The fourth-order valence-corrected chi connectivity index (χ4v) is 5.01. The van der Waals surface area contributed by atoms with Gasteiger partial charge in [0.1, 0.15) is 11.8 Å². The van der Waals surface area contributed by atoms with Gasteiger partial charge in [-0.25, -0.2) is 13.4 Å². The van der Waals surface area contributed by atoms with Crippen LogP contribution in [0, 0.1) is 0 Å². The van der Waals surface area contributed by atoms with Crippen molar-refractivity contribution in [3.05, 3.63) is 29.6 Å². The van der Waals surface area contributed by atoms with Crippen LogP contribution in [0.4, 0.5) is 5.13 Å². The molecule has 2 heterocycles. The molecule has 0 spiro atoms. The number of hydrogen-bond acceptors (Lipinski definition) is 6. The van der Waals surface area contributed by atoms with E-state index in [-0.39, 0.29) is 5.91 Å². The fraction of sp³-hybridized carbons (Fsp3) is 0.474. The third-order valence-electron chi connectivity index (χ3n) is 4.54. The Morgan fingerprint density at radius 3 is 2.75 bits per heavy atom. The minimum Gasteiger partial charge on any atom is -0.494 e. The molecule has 1 atom stereocenters. The van der Waals surface area contributed by atoms with Gasteiger partial charge in [0.2, 0.25) is 15.9 Å². The van der Waals surface area contributed by atoms with E-state index in [4.69, 9.17) is 4.74 Å². The Bertz CT molecular complexity index is 910. The van der Waals surface area contributed by atoms with E-state index >= 15 is 0 Å². The third-order valence-corrected chi connectivity index (χ3v) is 6.59. The van der Waals surface area contributed by atoms with E-state index in [1.807, 2.05) is 29.6 Å². The zero-order valence-electron chi connectivity index (χ0n) is 16.1. The topological polar surface area (TPSA) is 88.6 Å². The predicted molar refractivity (Wildman–Crippen MR) is 111 cm³/mol. The highest BCUT2D eigenvalue weighted by atomic mass is 32.2. The zero-order valence-corrected chi connectivity index (χ0v) is 17.7. The first-order valence-electron chi connectivity index (χ1n) is 9.35. The van der Waals surface area contributed by atoms with Crippen LogP contribution in [-0.4, -0.2) is 49.1 Å². The van der Waals surface area contributed by atoms with Gasteiger partial charge in [-0.3, -0.25) is 4.79 Å². The summed E-state index contributed by atoms with van der Waals surface area (Å²) in [4.78, 5) is 17.1. The van der Waals surface area contributed by atoms with Gasteiger partial charge in [-0.2, -0.15) is 4.31 Å². The van der Waals surface area contributed by atoms with Crippen LogP contribution >= 0.6 is 11.3 Å². The number of carbonyl (C=O) groups is 1. The molecule has 0 aliphatic carbocycles. The molecule has 0 radical (unpaired) electrons. The van der Waals surface area contributed by atoms with Crippen LogP contribution in [0.3, 0.4) is 0 Å². The largest absolute Gasteiger partial charge is 0.494 e. The summed E-state index contributed by atoms with van der Waals surface area (Å²) < 4.78 is 30.8. The number of amides is 1. The smallest absolute Gasteiger partial charge is 0.244 e. The predicted octanol–water partition coefficient (Wildman–Crippen LogP) is 3.35. The number of sulfonamides is 1. The van der Waals surface area contributed by atoms with Gasteiger partial charge in [0.05, 0.1) is 18.6 Å². The number of hydrogen-bond donors (Lipinski definition) is 1. The van der Waals surface area contributed by atoms with Gasteiger partial charge in [-0.05, 0) is 43.5 Å². The molecule has 9 heteroatoms. The summed E-state index contributed by atoms with van der Waals surface area (Å²) in [6, 6.07) is 6.98. The number of aromatic nitrogens is 1. The second-order valence-electron chi connectivity index (χ2n) is 6.79. The van der Waals surface area contributed by atoms with Crippen LogP contribution in [0.2, 0.25) is 0 Å². The van der Waals surface area contributed by atoms with Crippen LogP contribution in [0.5, 0.6) is 5.75 Å². The van der Waals surface area contributed by atoms with E-state index in [0.717, 1.165) is 42.5 Å². The maximum absolute atomic E-state index is 12.6. The molecule has 28 heavy (non-hydrogen) atoms. The Labute approximate surface area is 169 Å². The first-order valence-corrected chi connectivity index (χ1v) is 12.1. The molecule has 1 aromatic carbocycles. The summed E-state index contributed by atoms with van der Waals surface area (Å²) in [6.07, 6.45) is 4.23. The third kappa shape index (κ3) is 5.09. The summed E-state index contributed by atoms with van der Waals surface area (Å²) in [5.74, 6) is 0.488. The number of anilines is 1. The maximum atomic E-state index is 12.6. The van der Waals surface area contributed by atoms with Crippen molar-refractivity contribution in [3.63, 3.8) is 0 Å². The van der Waals surface area contributed by atoms with Gasteiger partial charge in [-0.15, -0.1) is 11.3 Å². The molecule has 7 nitrogen and oxygen atoms in total. The molecular formula is C19H25N3O4S2. The Morgan fingerprint density at radius 2 is 2.07 bits per heavy atom. The van der Waals surface area contributed by atoms with Crippen molar-refractivity contribution in [2.45, 2.75) is 38.6 Å². The van der Waals surface area contributed by atoms with Crippen LogP contribution in [0.15, 0.2) is 29.6 Å². The zero-order chi connectivity index (χ0) is 20.1. The number of nitrogens with zero attached hydrogens (tertiary/aromatic N) is 2. The van der Waals surface area contributed by atoms with E-state index in [2.05, 4.69) is 17.2 Å². The Kier molecular flexibility index (Phi) is 6.69. The molecule has 1 saturated heterocycles. The number of benzene rings is 1. The van der Waals surface area contributed by atoms with Crippen molar-refractivity contribution in [2.24, 2.45) is 0 Å². The van der Waals surface area contributed by atoms with Crippen LogP contribution in [0.25, 0.3) is 11.3 Å². The first-order chi connectivity index (χ1) is 13.4. The van der Waals surface area contributed by atoms with Gasteiger partial charge in [-0.1, -0.05) is 13.3 Å². The number of thiazole rings is 1. The first kappa shape index (κ1) is 20.8. The minimum atomic E-state index is -3.42. The number of carbonyl (C=O) groups excluding carboxylic acids is 1. The molecule has 1 aromatic heterocycles. The van der Waals surface area contributed by atoms with E-state index in [1.54, 1.807) is 0 Å². The van der Waals surface area contributed by atoms with Gasteiger partial charge < -0.3 is 10.1 Å². The molecule has 0 bridgehead atoms. The molecule has 1 fully saturated rings. The fourth-order valence-electron chi connectivity index (χ4n) is 3.16. The molecule has 1 N–H and O–H groups in total. The Hall–Kier alpha value is -1.97. The maximum Gasteiger partial charge on any atom is 0.244 e. The number of rotatable bonds is 7. The molecular weight excluding hydrogens is 398 g/mol. The quantitative estimate of drug-likeness (QED) is 0.738. The molecule has 1 unspecified atom stereocenters. The minimum absolute atomic E-state index is 0.325. The summed E-state index contributed by atoms with van der Waals surface area (Å²) >= 11 is 1.32. The average molecular weight is 424 g/mol. The lowest BCUT2D eigenvalue weighted by Gasteiger charge is -2.32. The van der Waals surface area contributed by atoms with Crippen molar-refractivity contribution in [1.29, 1.82) is 0 Å². The highest BCUT2D eigenvalue weighted by Gasteiger charge is 2.34. The Morgan fingerprint density at radius 1 is 1.32 bits per heavy atom. The monoisotopic (exact) mass is 423 g/mol. The average Bonchev–Trinajstić information content (AvgIpc) is 3.14. The van der Waals surface area contributed by atoms with Crippen molar-refractivity contribution < 1.29 is 17.9 Å². The van der Waals surface area contributed by atoms with Crippen LogP contribution in [-0.2, 0) is 14.8 Å². The lowest BCUT2D eigenvalue weighted by molar-refractivity contribution is -0.120. The highest BCUT2D eigenvalue weighted by Crippen LogP contribution is 2.28. The number of nitrogens with one attached hydrogen (secondary N) is 1. The summed E-state index contributed by atoms with van der Waals surface area (Å²) in [5, 5.41) is 5.11. The molecule has 2 aromatic rings. The van der Waals surface area contributed by atoms with Crippen molar-refractivity contribution in [1.82, 2.24) is 9.29 Å². The van der Waals surface area contributed by atoms with E-state index in [9.17, 15) is 13.2 Å².